The van der Waals surface area contributed by atoms with E-state index < -0.39 is 0 Å². The predicted molar refractivity (Wildman–Crippen MR) is 113 cm³/mol. The molecular weight excluding hydrogens is 356 g/mol. The molecule has 2 aromatic rings. The van der Waals surface area contributed by atoms with Crippen molar-refractivity contribution in [2.24, 2.45) is 5.92 Å². The number of hydrogen-bond donors (Lipinski definition) is 0. The van der Waals surface area contributed by atoms with Gasteiger partial charge in [0.15, 0.2) is 0 Å². The van der Waals surface area contributed by atoms with Gasteiger partial charge in [0, 0.05) is 31.9 Å². The van der Waals surface area contributed by atoms with Gasteiger partial charge in [-0.2, -0.15) is 0 Å². The second-order valence-electron chi connectivity index (χ2n) is 8.04. The zero-order valence-electron chi connectivity index (χ0n) is 16.3. The van der Waals surface area contributed by atoms with Gasteiger partial charge >= 0.3 is 0 Å². The van der Waals surface area contributed by atoms with Crippen molar-refractivity contribution in [3.05, 3.63) is 23.7 Å². The fourth-order valence-electron chi connectivity index (χ4n) is 4.39. The summed E-state index contributed by atoms with van der Waals surface area (Å²) in [5.74, 6) is 1.12. The molecule has 0 atom stereocenters. The monoisotopic (exact) mass is 386 g/mol. The number of hydrogen-bond acceptors (Lipinski definition) is 6. The summed E-state index contributed by atoms with van der Waals surface area (Å²) in [6.07, 6.45) is 3.81. The van der Waals surface area contributed by atoms with Crippen molar-refractivity contribution in [1.29, 1.82) is 0 Å². The zero-order chi connectivity index (χ0) is 18.6. The number of piperazine rings is 1. The van der Waals surface area contributed by atoms with Gasteiger partial charge < -0.3 is 4.90 Å². The van der Waals surface area contributed by atoms with Gasteiger partial charge in [0.1, 0.15) is 5.78 Å². The fraction of sp³-hybridized carbons (Fsp3) is 0.619. The second kappa shape index (κ2) is 8.67. The molecule has 0 N–H and O–H groups in total. The molecule has 0 spiro atoms. The second-order valence-corrected chi connectivity index (χ2v) is 8.93. The molecule has 5 nitrogen and oxygen atoms in total. The first-order valence-corrected chi connectivity index (χ1v) is 11.1. The van der Waals surface area contributed by atoms with Crippen LogP contribution in [0.15, 0.2) is 23.7 Å². The molecule has 27 heavy (non-hydrogen) atoms. The summed E-state index contributed by atoms with van der Waals surface area (Å²) in [5.41, 5.74) is 4.36. The third-order valence-corrected chi connectivity index (χ3v) is 6.87. The number of ketones is 1. The first-order chi connectivity index (χ1) is 13.2. The number of Topliss-reactive ketones (excluding diaryl/α,β-unsaturated/α-hetero) is 1. The number of thiazole rings is 1. The van der Waals surface area contributed by atoms with Crippen LogP contribution in [0.1, 0.15) is 26.2 Å². The Morgan fingerprint density at radius 1 is 1.11 bits per heavy atom. The summed E-state index contributed by atoms with van der Waals surface area (Å²) in [6.45, 7) is 10.3. The molecule has 0 bridgehead atoms. The van der Waals surface area contributed by atoms with E-state index in [4.69, 9.17) is 0 Å². The summed E-state index contributed by atoms with van der Waals surface area (Å²) in [4.78, 5) is 23.1. The number of piperidine rings is 1. The van der Waals surface area contributed by atoms with Crippen LogP contribution in [0.25, 0.3) is 10.2 Å². The molecular formula is C21H30N4OS. The van der Waals surface area contributed by atoms with Gasteiger partial charge in [-0.1, -0.05) is 0 Å². The van der Waals surface area contributed by atoms with Gasteiger partial charge in [-0.15, -0.1) is 11.3 Å². The molecule has 2 aliphatic rings. The maximum atomic E-state index is 11.3. The first kappa shape index (κ1) is 18.8. The molecule has 0 aliphatic carbocycles. The number of carbonyl (C=O) groups excluding carboxylic acids is 1. The SMILES string of the molecule is CC(=O)CN1CCC(CCN2CCN(c3ccc4scnc4c3)CC2)CC1. The molecule has 2 saturated heterocycles. The standard InChI is InChI=1S/C21H30N4OS/c1-17(26)15-24-8-5-18(6-9-24)4-7-23-10-12-25(13-11-23)19-2-3-21-20(14-19)22-16-27-21/h2-3,14,16,18H,4-13,15H2,1H3. The summed E-state index contributed by atoms with van der Waals surface area (Å²) in [6, 6.07) is 6.68. The molecule has 2 aliphatic heterocycles. The smallest absolute Gasteiger partial charge is 0.143 e. The molecule has 6 heteroatoms. The maximum Gasteiger partial charge on any atom is 0.143 e. The zero-order valence-corrected chi connectivity index (χ0v) is 17.1. The van der Waals surface area contributed by atoms with Crippen LogP contribution >= 0.6 is 11.3 Å². The van der Waals surface area contributed by atoms with E-state index in [1.807, 2.05) is 5.51 Å². The van der Waals surface area contributed by atoms with E-state index >= 15 is 0 Å². The first-order valence-electron chi connectivity index (χ1n) is 10.2. The van der Waals surface area contributed by atoms with E-state index in [0.29, 0.717) is 12.3 Å². The summed E-state index contributed by atoms with van der Waals surface area (Å²) in [5, 5.41) is 0. The van der Waals surface area contributed by atoms with E-state index in [0.717, 1.165) is 50.7 Å². The van der Waals surface area contributed by atoms with Gasteiger partial charge in [0.2, 0.25) is 0 Å². The topological polar surface area (TPSA) is 39.7 Å². The van der Waals surface area contributed by atoms with Crippen LogP contribution in [-0.4, -0.2) is 72.9 Å². The van der Waals surface area contributed by atoms with Crippen molar-refractivity contribution >= 4 is 33.0 Å². The molecule has 3 heterocycles. The summed E-state index contributed by atoms with van der Waals surface area (Å²) >= 11 is 1.71. The van der Waals surface area contributed by atoms with Crippen LogP contribution in [0.5, 0.6) is 0 Å². The lowest BCUT2D eigenvalue weighted by Gasteiger charge is -2.37. The van der Waals surface area contributed by atoms with Gasteiger partial charge in [-0.25, -0.2) is 4.98 Å². The average molecular weight is 387 g/mol. The Bertz CT molecular complexity index is 760. The Hall–Kier alpha value is -1.50. The average Bonchev–Trinajstić information content (AvgIpc) is 3.15. The van der Waals surface area contributed by atoms with Crippen molar-refractivity contribution in [3.8, 4) is 0 Å². The highest BCUT2D eigenvalue weighted by molar-refractivity contribution is 7.16. The molecule has 0 amide bonds. The lowest BCUT2D eigenvalue weighted by molar-refractivity contribution is -0.118. The molecule has 0 unspecified atom stereocenters. The minimum atomic E-state index is 0.292. The van der Waals surface area contributed by atoms with Crippen molar-refractivity contribution in [2.45, 2.75) is 26.2 Å². The van der Waals surface area contributed by atoms with Gasteiger partial charge in [0.25, 0.3) is 0 Å². The highest BCUT2D eigenvalue weighted by Crippen LogP contribution is 2.25. The summed E-state index contributed by atoms with van der Waals surface area (Å²) in [7, 11) is 0. The van der Waals surface area contributed by atoms with Crippen molar-refractivity contribution in [1.82, 2.24) is 14.8 Å². The molecule has 0 saturated carbocycles. The largest absolute Gasteiger partial charge is 0.369 e. The maximum absolute atomic E-state index is 11.3. The van der Waals surface area contributed by atoms with Crippen molar-refractivity contribution < 1.29 is 4.79 Å². The lowest BCUT2D eigenvalue weighted by atomic mass is 9.93. The number of nitrogens with zero attached hydrogens (tertiary/aromatic N) is 4. The fourth-order valence-corrected chi connectivity index (χ4v) is 5.04. The molecule has 4 rings (SSSR count). The highest BCUT2D eigenvalue weighted by atomic mass is 32.1. The Morgan fingerprint density at radius 3 is 2.63 bits per heavy atom. The van der Waals surface area contributed by atoms with E-state index in [1.54, 1.807) is 18.3 Å². The van der Waals surface area contributed by atoms with E-state index in [1.165, 1.54) is 36.2 Å². The normalized spacial score (nSPS) is 20.4. The number of fused-ring (bicyclic) bond motifs is 1. The van der Waals surface area contributed by atoms with Gasteiger partial charge in [0.05, 0.1) is 22.3 Å². The molecule has 0 radical (unpaired) electrons. The van der Waals surface area contributed by atoms with E-state index in [2.05, 4.69) is 37.9 Å². The third-order valence-electron chi connectivity index (χ3n) is 6.06. The third kappa shape index (κ3) is 4.86. The van der Waals surface area contributed by atoms with Crippen LogP contribution in [0.3, 0.4) is 0 Å². The minimum absolute atomic E-state index is 0.292. The van der Waals surface area contributed by atoms with Gasteiger partial charge in [-0.3, -0.25) is 14.6 Å². The highest BCUT2D eigenvalue weighted by Gasteiger charge is 2.22. The molecule has 146 valence electrons. The Morgan fingerprint density at radius 2 is 1.89 bits per heavy atom. The van der Waals surface area contributed by atoms with Crippen molar-refractivity contribution in [3.63, 3.8) is 0 Å². The number of anilines is 1. The number of likely N-dealkylation sites (tertiary alicyclic amines) is 1. The molecule has 2 fully saturated rings. The summed E-state index contributed by atoms with van der Waals surface area (Å²) < 4.78 is 1.27. The van der Waals surface area contributed by atoms with Gasteiger partial charge in [-0.05, 0) is 69.9 Å². The Balaban J connectivity index is 1.19. The van der Waals surface area contributed by atoms with Crippen LogP contribution in [0, 0.1) is 5.92 Å². The number of benzene rings is 1. The van der Waals surface area contributed by atoms with E-state index in [-0.39, 0.29) is 0 Å². The van der Waals surface area contributed by atoms with E-state index in [9.17, 15) is 4.79 Å². The minimum Gasteiger partial charge on any atom is -0.369 e. The predicted octanol–water partition coefficient (Wildman–Crippen LogP) is 3.11. The number of aromatic nitrogens is 1. The Kier molecular flexibility index (Phi) is 6.05. The number of rotatable bonds is 6. The Labute approximate surface area is 166 Å². The van der Waals surface area contributed by atoms with Crippen LogP contribution in [0.4, 0.5) is 5.69 Å². The number of carbonyl (C=O) groups is 1. The van der Waals surface area contributed by atoms with Crippen LogP contribution < -0.4 is 4.90 Å². The van der Waals surface area contributed by atoms with Crippen molar-refractivity contribution in [2.75, 3.05) is 57.3 Å². The molecule has 1 aromatic carbocycles. The van der Waals surface area contributed by atoms with Crippen LogP contribution in [-0.2, 0) is 4.79 Å². The quantitative estimate of drug-likeness (QED) is 0.763. The molecule has 1 aromatic heterocycles. The lowest BCUT2D eigenvalue weighted by Crippen LogP contribution is -2.47. The van der Waals surface area contributed by atoms with Crippen LogP contribution in [0.2, 0.25) is 0 Å².